The Bertz CT molecular complexity index is 1610. The lowest BCUT2D eigenvalue weighted by atomic mass is 9.97. The molecule has 3 heterocycles. The van der Waals surface area contributed by atoms with Crippen molar-refractivity contribution in [1.29, 1.82) is 0 Å². The summed E-state index contributed by atoms with van der Waals surface area (Å²) < 4.78 is 21.7. The minimum absolute atomic E-state index is 0.0505. The van der Waals surface area contributed by atoms with Gasteiger partial charge in [0, 0.05) is 19.7 Å². The third kappa shape index (κ3) is 3.26. The lowest BCUT2D eigenvalue weighted by molar-refractivity contribution is -0.00810. The first-order chi connectivity index (χ1) is 17.1. The number of nitrogens with zero attached hydrogens (tertiary/aromatic N) is 3. The van der Waals surface area contributed by atoms with Crippen LogP contribution in [0.15, 0.2) is 52.1 Å². The molecule has 1 aliphatic rings. The van der Waals surface area contributed by atoms with E-state index in [1.54, 1.807) is 32.4 Å². The van der Waals surface area contributed by atoms with Gasteiger partial charge in [-0.15, -0.1) is 0 Å². The van der Waals surface area contributed by atoms with Crippen molar-refractivity contribution in [3.8, 4) is 28.5 Å². The van der Waals surface area contributed by atoms with Gasteiger partial charge in [-0.25, -0.2) is 4.79 Å². The SMILES string of the molecule is COc1ccc(-c2c3c(=O)n(C)c(=O)n(C)c3c3n2C(C)(C)CO[C@@H]3c2cccc(OC)c2O)cc1. The van der Waals surface area contributed by atoms with Crippen LogP contribution in [0.3, 0.4) is 0 Å². The molecule has 0 bridgehead atoms. The van der Waals surface area contributed by atoms with Gasteiger partial charge in [0.15, 0.2) is 11.5 Å². The molecule has 0 saturated heterocycles. The van der Waals surface area contributed by atoms with Gasteiger partial charge in [0.05, 0.1) is 48.7 Å². The summed E-state index contributed by atoms with van der Waals surface area (Å²) in [6.45, 7) is 4.35. The van der Waals surface area contributed by atoms with Crippen LogP contribution in [0.5, 0.6) is 17.2 Å². The second kappa shape index (κ2) is 8.30. The molecule has 188 valence electrons. The monoisotopic (exact) mass is 491 g/mol. The molecule has 2 aromatic heterocycles. The van der Waals surface area contributed by atoms with E-state index in [2.05, 4.69) is 4.57 Å². The first-order valence-electron chi connectivity index (χ1n) is 11.6. The summed E-state index contributed by atoms with van der Waals surface area (Å²) in [5.74, 6) is 0.949. The number of phenols is 1. The van der Waals surface area contributed by atoms with E-state index in [0.717, 1.165) is 10.1 Å². The van der Waals surface area contributed by atoms with Crippen LogP contribution in [0.25, 0.3) is 22.2 Å². The van der Waals surface area contributed by atoms with Crippen molar-refractivity contribution in [1.82, 2.24) is 13.7 Å². The highest BCUT2D eigenvalue weighted by atomic mass is 16.5. The van der Waals surface area contributed by atoms with Crippen molar-refractivity contribution >= 4 is 10.9 Å². The van der Waals surface area contributed by atoms with E-state index in [-0.39, 0.29) is 5.75 Å². The smallest absolute Gasteiger partial charge is 0.331 e. The number of para-hydroxylation sites is 1. The number of phenolic OH excluding ortho intramolecular Hbond substituents is 1. The Hall–Kier alpha value is -3.98. The average Bonchev–Trinajstić information content (AvgIpc) is 3.24. The summed E-state index contributed by atoms with van der Waals surface area (Å²) in [4.78, 5) is 26.7. The molecule has 0 amide bonds. The van der Waals surface area contributed by atoms with Crippen LogP contribution in [0.2, 0.25) is 0 Å². The predicted molar refractivity (Wildman–Crippen MR) is 136 cm³/mol. The standard InChI is InChI=1S/C27H29N3O6/c1-27(2)14-36-24(17-8-7-9-18(35-6)23(17)31)22-21-19(25(32)29(4)26(33)28(21)3)20(30(22)27)15-10-12-16(34-5)13-11-15/h7-13,24,31H,14H2,1-6H3/t24-/m1/s1. The molecule has 0 unspecified atom stereocenters. The van der Waals surface area contributed by atoms with E-state index in [9.17, 15) is 14.7 Å². The van der Waals surface area contributed by atoms with Gasteiger partial charge in [-0.1, -0.05) is 12.1 Å². The van der Waals surface area contributed by atoms with Gasteiger partial charge < -0.3 is 23.9 Å². The fourth-order valence-electron chi connectivity index (χ4n) is 5.17. The summed E-state index contributed by atoms with van der Waals surface area (Å²) in [6, 6.07) is 12.7. The minimum Gasteiger partial charge on any atom is -0.504 e. The summed E-state index contributed by atoms with van der Waals surface area (Å²) in [6.07, 6.45) is -0.750. The van der Waals surface area contributed by atoms with E-state index < -0.39 is 22.9 Å². The molecule has 0 fully saturated rings. The highest BCUT2D eigenvalue weighted by molar-refractivity contribution is 5.97. The maximum Gasteiger partial charge on any atom is 0.331 e. The number of aromatic nitrogens is 3. The highest BCUT2D eigenvalue weighted by Crippen LogP contribution is 2.48. The molecule has 2 aromatic carbocycles. The molecule has 0 spiro atoms. The highest BCUT2D eigenvalue weighted by Gasteiger charge is 2.41. The van der Waals surface area contributed by atoms with Gasteiger partial charge in [0.25, 0.3) is 5.56 Å². The first-order valence-corrected chi connectivity index (χ1v) is 11.6. The van der Waals surface area contributed by atoms with E-state index >= 15 is 0 Å². The van der Waals surface area contributed by atoms with Crippen molar-refractivity contribution in [2.24, 2.45) is 14.1 Å². The number of hydrogen-bond acceptors (Lipinski definition) is 6. The Morgan fingerprint density at radius 1 is 1.00 bits per heavy atom. The predicted octanol–water partition coefficient (Wildman–Crippen LogP) is 3.28. The molecule has 1 aliphatic heterocycles. The van der Waals surface area contributed by atoms with Crippen molar-refractivity contribution < 1.29 is 19.3 Å². The Morgan fingerprint density at radius 2 is 1.69 bits per heavy atom. The van der Waals surface area contributed by atoms with E-state index in [0.29, 0.717) is 46.0 Å². The zero-order valence-electron chi connectivity index (χ0n) is 21.2. The molecule has 9 nitrogen and oxygen atoms in total. The molecule has 36 heavy (non-hydrogen) atoms. The van der Waals surface area contributed by atoms with Crippen molar-refractivity contribution in [3.63, 3.8) is 0 Å². The zero-order chi connectivity index (χ0) is 25.9. The Labute approximate surface area is 207 Å². The number of aromatic hydroxyl groups is 1. The van der Waals surface area contributed by atoms with Crippen LogP contribution in [0.4, 0.5) is 0 Å². The van der Waals surface area contributed by atoms with E-state index in [1.165, 1.54) is 18.7 Å². The molecular weight excluding hydrogens is 462 g/mol. The Morgan fingerprint density at radius 3 is 2.33 bits per heavy atom. The lowest BCUT2D eigenvalue weighted by Gasteiger charge is -2.39. The van der Waals surface area contributed by atoms with Gasteiger partial charge in [0.2, 0.25) is 0 Å². The van der Waals surface area contributed by atoms with E-state index in [4.69, 9.17) is 14.2 Å². The molecule has 5 rings (SSSR count). The normalized spacial score (nSPS) is 16.7. The van der Waals surface area contributed by atoms with Crippen LogP contribution in [-0.2, 0) is 24.4 Å². The maximum atomic E-state index is 13.7. The number of rotatable bonds is 4. The molecular formula is C27H29N3O6. The third-order valence-electron chi connectivity index (χ3n) is 6.96. The van der Waals surface area contributed by atoms with Crippen LogP contribution in [0, 0.1) is 0 Å². The number of hydrogen-bond donors (Lipinski definition) is 1. The summed E-state index contributed by atoms with van der Waals surface area (Å²) in [7, 11) is 6.20. The topological polar surface area (TPSA) is 96.9 Å². The van der Waals surface area contributed by atoms with Crippen molar-refractivity contribution in [2.75, 3.05) is 20.8 Å². The van der Waals surface area contributed by atoms with Crippen LogP contribution in [0.1, 0.15) is 31.2 Å². The molecule has 4 aromatic rings. The average molecular weight is 492 g/mol. The number of ether oxygens (including phenoxy) is 3. The van der Waals surface area contributed by atoms with Gasteiger partial charge in [-0.2, -0.15) is 0 Å². The quantitative estimate of drug-likeness (QED) is 0.471. The second-order valence-electron chi connectivity index (χ2n) is 9.63. The van der Waals surface area contributed by atoms with Crippen molar-refractivity contribution in [2.45, 2.75) is 25.5 Å². The summed E-state index contributed by atoms with van der Waals surface area (Å²) in [5, 5.41) is 11.4. The molecule has 0 radical (unpaired) electrons. The summed E-state index contributed by atoms with van der Waals surface area (Å²) >= 11 is 0. The maximum absolute atomic E-state index is 13.7. The van der Waals surface area contributed by atoms with Crippen LogP contribution in [-0.4, -0.2) is 39.6 Å². The fourth-order valence-corrected chi connectivity index (χ4v) is 5.17. The fraction of sp³-hybridized carbons (Fsp3) is 0.333. The zero-order valence-corrected chi connectivity index (χ0v) is 21.2. The van der Waals surface area contributed by atoms with Gasteiger partial charge in [0.1, 0.15) is 11.9 Å². The molecule has 0 saturated carbocycles. The summed E-state index contributed by atoms with van der Waals surface area (Å²) in [5.41, 5.74) is 1.63. The number of aryl methyl sites for hydroxylation is 1. The molecule has 1 atom stereocenters. The van der Waals surface area contributed by atoms with Gasteiger partial charge in [-0.05, 0) is 49.7 Å². The van der Waals surface area contributed by atoms with E-state index in [1.807, 2.05) is 38.1 Å². The second-order valence-corrected chi connectivity index (χ2v) is 9.63. The van der Waals surface area contributed by atoms with Crippen LogP contribution < -0.4 is 20.7 Å². The number of methoxy groups -OCH3 is 2. The molecule has 9 heteroatoms. The largest absolute Gasteiger partial charge is 0.504 e. The Balaban J connectivity index is 1.98. The molecule has 1 N–H and O–H groups in total. The van der Waals surface area contributed by atoms with Crippen LogP contribution >= 0.6 is 0 Å². The number of fused-ring (bicyclic) bond motifs is 3. The Kier molecular flexibility index (Phi) is 5.48. The van der Waals surface area contributed by atoms with Crippen molar-refractivity contribution in [3.05, 3.63) is 74.6 Å². The number of benzene rings is 2. The minimum atomic E-state index is -0.750. The molecule has 0 aliphatic carbocycles. The van der Waals surface area contributed by atoms with Gasteiger partial charge in [-0.3, -0.25) is 13.9 Å². The van der Waals surface area contributed by atoms with Gasteiger partial charge >= 0.3 is 5.69 Å². The lowest BCUT2D eigenvalue weighted by Crippen LogP contribution is -2.40. The first kappa shape index (κ1) is 23.7. The third-order valence-corrected chi connectivity index (χ3v) is 6.96.